The third-order valence-corrected chi connectivity index (χ3v) is 2.39. The molecule has 1 heterocycles. The first-order valence-corrected chi connectivity index (χ1v) is 6.24. The van der Waals surface area contributed by atoms with E-state index in [9.17, 15) is 4.79 Å². The van der Waals surface area contributed by atoms with Gasteiger partial charge in [-0.3, -0.25) is 0 Å². The standard InChI is InChI=1S/C12H18ClN3O2/c1-12(2,3)10-9(6-14-8-16-10)7-15-11(17)18-5-4-13/h6,8H,4-5,7H2,1-3H3,(H,15,17). The smallest absolute Gasteiger partial charge is 0.407 e. The Morgan fingerprint density at radius 1 is 1.50 bits per heavy atom. The van der Waals surface area contributed by atoms with Crippen molar-refractivity contribution in [1.29, 1.82) is 0 Å². The van der Waals surface area contributed by atoms with Gasteiger partial charge in [0.05, 0.1) is 11.6 Å². The number of hydrogen-bond acceptors (Lipinski definition) is 4. The quantitative estimate of drug-likeness (QED) is 0.853. The van der Waals surface area contributed by atoms with Gasteiger partial charge in [-0.2, -0.15) is 0 Å². The molecule has 1 N–H and O–H groups in total. The molecule has 1 rings (SSSR count). The summed E-state index contributed by atoms with van der Waals surface area (Å²) in [6, 6.07) is 0. The summed E-state index contributed by atoms with van der Waals surface area (Å²) in [6.07, 6.45) is 2.73. The van der Waals surface area contributed by atoms with Gasteiger partial charge in [0.15, 0.2) is 0 Å². The van der Waals surface area contributed by atoms with Crippen LogP contribution in [0.25, 0.3) is 0 Å². The number of nitrogens with one attached hydrogen (secondary N) is 1. The van der Waals surface area contributed by atoms with Crippen molar-refractivity contribution in [1.82, 2.24) is 15.3 Å². The van der Waals surface area contributed by atoms with Gasteiger partial charge in [0.25, 0.3) is 0 Å². The molecule has 0 aliphatic heterocycles. The zero-order valence-corrected chi connectivity index (χ0v) is 11.6. The van der Waals surface area contributed by atoms with Crippen molar-refractivity contribution >= 4 is 17.7 Å². The van der Waals surface area contributed by atoms with Crippen LogP contribution in [0.15, 0.2) is 12.5 Å². The van der Waals surface area contributed by atoms with Crippen molar-refractivity contribution in [3.05, 3.63) is 23.8 Å². The number of nitrogens with zero attached hydrogens (tertiary/aromatic N) is 2. The van der Waals surface area contributed by atoms with Crippen LogP contribution in [0.5, 0.6) is 0 Å². The summed E-state index contributed by atoms with van der Waals surface area (Å²) in [4.78, 5) is 19.5. The van der Waals surface area contributed by atoms with Crippen molar-refractivity contribution in [3.63, 3.8) is 0 Å². The van der Waals surface area contributed by atoms with Crippen LogP contribution < -0.4 is 5.32 Å². The number of alkyl halides is 1. The van der Waals surface area contributed by atoms with Crippen LogP contribution in [0.1, 0.15) is 32.0 Å². The molecule has 0 saturated carbocycles. The molecule has 0 radical (unpaired) electrons. The molecule has 0 aliphatic carbocycles. The monoisotopic (exact) mass is 271 g/mol. The first kappa shape index (κ1) is 14.7. The van der Waals surface area contributed by atoms with Gasteiger partial charge in [-0.15, -0.1) is 11.6 Å². The van der Waals surface area contributed by atoms with Gasteiger partial charge >= 0.3 is 6.09 Å². The predicted molar refractivity (Wildman–Crippen MR) is 69.6 cm³/mol. The number of aromatic nitrogens is 2. The molecule has 0 aliphatic rings. The second-order valence-corrected chi connectivity index (χ2v) is 5.20. The number of carbonyl (C=O) groups is 1. The van der Waals surface area contributed by atoms with E-state index in [4.69, 9.17) is 16.3 Å². The van der Waals surface area contributed by atoms with Gasteiger partial charge in [0.2, 0.25) is 0 Å². The van der Waals surface area contributed by atoms with Crippen molar-refractivity contribution < 1.29 is 9.53 Å². The molecule has 18 heavy (non-hydrogen) atoms. The third-order valence-electron chi connectivity index (χ3n) is 2.23. The number of carbonyl (C=O) groups excluding carboxylic acids is 1. The molecule has 6 heteroatoms. The average Bonchev–Trinajstić information content (AvgIpc) is 2.33. The summed E-state index contributed by atoms with van der Waals surface area (Å²) >= 11 is 5.42. The molecule has 100 valence electrons. The number of ether oxygens (including phenoxy) is 1. The fourth-order valence-electron chi connectivity index (χ4n) is 1.51. The first-order valence-electron chi connectivity index (χ1n) is 5.71. The van der Waals surface area contributed by atoms with Crippen LogP contribution >= 0.6 is 11.6 Å². The zero-order valence-electron chi connectivity index (χ0n) is 10.9. The van der Waals surface area contributed by atoms with Crippen LogP contribution in [-0.4, -0.2) is 28.5 Å². The Bertz CT molecular complexity index is 405. The van der Waals surface area contributed by atoms with Crippen LogP contribution in [0.3, 0.4) is 0 Å². The lowest BCUT2D eigenvalue weighted by Gasteiger charge is -2.20. The Hall–Kier alpha value is -1.36. The molecular formula is C12H18ClN3O2. The van der Waals surface area contributed by atoms with Crippen molar-refractivity contribution in [2.24, 2.45) is 0 Å². The van der Waals surface area contributed by atoms with Crippen LogP contribution in [0, 0.1) is 0 Å². The molecule has 0 aromatic carbocycles. The van der Waals surface area contributed by atoms with E-state index in [0.29, 0.717) is 6.54 Å². The highest BCUT2D eigenvalue weighted by atomic mass is 35.5. The average molecular weight is 272 g/mol. The maximum atomic E-state index is 11.3. The van der Waals surface area contributed by atoms with Gasteiger partial charge in [0, 0.05) is 23.7 Å². The molecule has 0 unspecified atom stereocenters. The van der Waals surface area contributed by atoms with Gasteiger partial charge in [-0.25, -0.2) is 14.8 Å². The molecule has 1 aromatic rings. The molecule has 0 bridgehead atoms. The normalized spacial score (nSPS) is 11.1. The highest BCUT2D eigenvalue weighted by Gasteiger charge is 2.19. The van der Waals surface area contributed by atoms with Crippen molar-refractivity contribution in [2.45, 2.75) is 32.7 Å². The fourth-order valence-corrected chi connectivity index (χ4v) is 1.59. The Balaban J connectivity index is 2.65. The van der Waals surface area contributed by atoms with E-state index < -0.39 is 6.09 Å². The van der Waals surface area contributed by atoms with E-state index in [2.05, 4.69) is 36.1 Å². The molecule has 0 spiro atoms. The Labute approximate surface area is 112 Å². The molecule has 0 saturated heterocycles. The SMILES string of the molecule is CC(C)(C)c1ncncc1CNC(=O)OCCCl. The summed E-state index contributed by atoms with van der Waals surface area (Å²) in [5, 5.41) is 2.65. The topological polar surface area (TPSA) is 64.1 Å². The van der Waals surface area contributed by atoms with Gasteiger partial charge in [-0.05, 0) is 0 Å². The van der Waals surface area contributed by atoms with E-state index in [-0.39, 0.29) is 17.9 Å². The number of amides is 1. The summed E-state index contributed by atoms with van der Waals surface area (Å²) < 4.78 is 4.82. The third kappa shape index (κ3) is 4.49. The second-order valence-electron chi connectivity index (χ2n) is 4.83. The van der Waals surface area contributed by atoms with E-state index >= 15 is 0 Å². The Morgan fingerprint density at radius 2 is 2.22 bits per heavy atom. The van der Waals surface area contributed by atoms with Crippen molar-refractivity contribution in [3.8, 4) is 0 Å². The highest BCUT2D eigenvalue weighted by Crippen LogP contribution is 2.22. The van der Waals surface area contributed by atoms with E-state index in [1.165, 1.54) is 6.33 Å². The fraction of sp³-hybridized carbons (Fsp3) is 0.583. The minimum Gasteiger partial charge on any atom is -0.448 e. The van der Waals surface area contributed by atoms with Crippen molar-refractivity contribution in [2.75, 3.05) is 12.5 Å². The minimum absolute atomic E-state index is 0.0972. The van der Waals surface area contributed by atoms with Gasteiger partial charge < -0.3 is 10.1 Å². The number of rotatable bonds is 4. The van der Waals surface area contributed by atoms with Gasteiger partial charge in [-0.1, -0.05) is 20.8 Å². The maximum Gasteiger partial charge on any atom is 0.407 e. The lowest BCUT2D eigenvalue weighted by atomic mass is 9.89. The Morgan fingerprint density at radius 3 is 2.83 bits per heavy atom. The van der Waals surface area contributed by atoms with Crippen LogP contribution in [0.2, 0.25) is 0 Å². The summed E-state index contributed by atoms with van der Waals surface area (Å²) in [6.45, 7) is 6.72. The first-order chi connectivity index (χ1) is 8.45. The Kier molecular flexibility index (Phi) is 5.34. The molecule has 1 aromatic heterocycles. The molecule has 0 fully saturated rings. The van der Waals surface area contributed by atoms with E-state index in [0.717, 1.165) is 11.3 Å². The second kappa shape index (κ2) is 6.54. The molecular weight excluding hydrogens is 254 g/mol. The lowest BCUT2D eigenvalue weighted by Crippen LogP contribution is -2.27. The van der Waals surface area contributed by atoms with Gasteiger partial charge in [0.1, 0.15) is 12.9 Å². The number of alkyl carbamates (subject to hydrolysis) is 1. The lowest BCUT2D eigenvalue weighted by molar-refractivity contribution is 0.152. The highest BCUT2D eigenvalue weighted by molar-refractivity contribution is 6.18. The predicted octanol–water partition coefficient (Wildman–Crippen LogP) is 2.24. The van der Waals surface area contributed by atoms with Crippen LogP contribution in [0.4, 0.5) is 4.79 Å². The summed E-state index contributed by atoms with van der Waals surface area (Å²) in [7, 11) is 0. The largest absolute Gasteiger partial charge is 0.448 e. The molecule has 1 amide bonds. The van der Waals surface area contributed by atoms with E-state index in [1.54, 1.807) is 6.20 Å². The minimum atomic E-state index is -0.487. The summed E-state index contributed by atoms with van der Waals surface area (Å²) in [5.41, 5.74) is 1.70. The number of hydrogen-bond donors (Lipinski definition) is 1. The molecule has 5 nitrogen and oxygen atoms in total. The maximum absolute atomic E-state index is 11.3. The van der Waals surface area contributed by atoms with E-state index in [1.807, 2.05) is 0 Å². The zero-order chi connectivity index (χ0) is 13.6. The number of halogens is 1. The molecule has 0 atom stereocenters. The summed E-state index contributed by atoms with van der Waals surface area (Å²) in [5.74, 6) is 0.287. The van der Waals surface area contributed by atoms with Crippen LogP contribution in [-0.2, 0) is 16.7 Å².